The summed E-state index contributed by atoms with van der Waals surface area (Å²) in [5, 5.41) is 6.47. The van der Waals surface area contributed by atoms with Crippen LogP contribution in [0.15, 0.2) is 42.6 Å². The van der Waals surface area contributed by atoms with Gasteiger partial charge in [0.15, 0.2) is 0 Å². The quantitative estimate of drug-likeness (QED) is 0.573. The molecule has 0 saturated carbocycles. The average Bonchev–Trinajstić information content (AvgIpc) is 2.61. The van der Waals surface area contributed by atoms with Gasteiger partial charge in [0.25, 0.3) is 0 Å². The first-order chi connectivity index (χ1) is 12.5. The highest BCUT2D eigenvalue weighted by Gasteiger charge is 2.13. The number of fused-ring (bicyclic) bond motifs is 1. The van der Waals surface area contributed by atoms with Gasteiger partial charge in [0.1, 0.15) is 5.82 Å². The Kier molecular flexibility index (Phi) is 5.64. The summed E-state index contributed by atoms with van der Waals surface area (Å²) in [5.74, 6) is 0.508. The molecular weight excluding hydrogens is 344 g/mol. The number of halogens is 1. The van der Waals surface area contributed by atoms with Crippen molar-refractivity contribution in [1.82, 2.24) is 4.98 Å². The predicted molar refractivity (Wildman–Crippen MR) is 113 cm³/mol. The van der Waals surface area contributed by atoms with E-state index in [2.05, 4.69) is 42.3 Å². The second-order valence-corrected chi connectivity index (χ2v) is 7.02. The van der Waals surface area contributed by atoms with E-state index < -0.39 is 0 Å². The number of nitrogens with one attached hydrogen (secondary N) is 1. The van der Waals surface area contributed by atoms with Crippen molar-refractivity contribution in [3.63, 3.8) is 0 Å². The summed E-state index contributed by atoms with van der Waals surface area (Å²) in [6.07, 6.45) is 3.72. The molecule has 26 heavy (non-hydrogen) atoms. The van der Waals surface area contributed by atoms with Crippen LogP contribution in [0.5, 0.6) is 0 Å². The molecule has 4 nitrogen and oxygen atoms in total. The van der Waals surface area contributed by atoms with Crippen molar-refractivity contribution in [1.29, 1.82) is 0 Å². The van der Waals surface area contributed by atoms with Gasteiger partial charge in [-0.2, -0.15) is 0 Å². The lowest BCUT2D eigenvalue weighted by atomic mass is 9.96. The predicted octanol–water partition coefficient (Wildman–Crippen LogP) is 4.99. The highest BCUT2D eigenvalue weighted by atomic mass is 35.5. The summed E-state index contributed by atoms with van der Waals surface area (Å²) in [5.41, 5.74) is 16.0. The van der Waals surface area contributed by atoms with Crippen LogP contribution < -0.4 is 16.8 Å². The lowest BCUT2D eigenvalue weighted by Gasteiger charge is -2.21. The Labute approximate surface area is 159 Å². The number of aromatic nitrogens is 1. The van der Waals surface area contributed by atoms with E-state index >= 15 is 0 Å². The van der Waals surface area contributed by atoms with Crippen LogP contribution >= 0.6 is 11.6 Å². The summed E-state index contributed by atoms with van der Waals surface area (Å²) < 4.78 is 0. The van der Waals surface area contributed by atoms with Gasteiger partial charge in [-0.1, -0.05) is 30.7 Å². The van der Waals surface area contributed by atoms with Gasteiger partial charge in [0.2, 0.25) is 0 Å². The maximum Gasteiger partial charge on any atom is 0.123 e. The third kappa shape index (κ3) is 3.76. The first-order valence-corrected chi connectivity index (χ1v) is 9.32. The second kappa shape index (κ2) is 7.94. The van der Waals surface area contributed by atoms with E-state index in [1.165, 1.54) is 0 Å². The van der Waals surface area contributed by atoms with Crippen molar-refractivity contribution in [3.8, 4) is 11.1 Å². The monoisotopic (exact) mass is 368 g/mol. The minimum atomic E-state index is 0.306. The molecule has 136 valence electrons. The summed E-state index contributed by atoms with van der Waals surface area (Å²) in [7, 11) is 0. The van der Waals surface area contributed by atoms with Gasteiger partial charge in [0.05, 0.1) is 0 Å². The molecule has 0 aliphatic heterocycles. The van der Waals surface area contributed by atoms with Crippen LogP contribution in [0.4, 0.5) is 11.5 Å². The third-order valence-electron chi connectivity index (χ3n) is 4.74. The molecule has 3 rings (SSSR count). The molecule has 0 spiro atoms. The Morgan fingerprint density at radius 1 is 1.23 bits per heavy atom. The van der Waals surface area contributed by atoms with Crippen molar-refractivity contribution in [2.45, 2.75) is 32.7 Å². The zero-order valence-corrected chi connectivity index (χ0v) is 16.0. The number of pyridine rings is 1. The Balaban J connectivity index is 2.19. The largest absolute Gasteiger partial charge is 0.384 e. The van der Waals surface area contributed by atoms with Crippen LogP contribution in [-0.2, 0) is 0 Å². The molecule has 1 heterocycles. The Hall–Kier alpha value is -2.30. The minimum Gasteiger partial charge on any atom is -0.384 e. The lowest BCUT2D eigenvalue weighted by Crippen LogP contribution is -2.22. The van der Waals surface area contributed by atoms with Crippen LogP contribution in [0.2, 0.25) is 5.02 Å². The molecular formula is C21H25ClN4. The summed E-state index contributed by atoms with van der Waals surface area (Å²) >= 11 is 6.50. The maximum atomic E-state index is 6.50. The Bertz CT molecular complexity index is 903. The molecule has 0 bridgehead atoms. The fourth-order valence-electron chi connectivity index (χ4n) is 3.33. The van der Waals surface area contributed by atoms with Crippen LogP contribution in [0.3, 0.4) is 0 Å². The number of hydrogen-bond donors (Lipinski definition) is 3. The number of nitrogens with zero attached hydrogens (tertiary/aromatic N) is 1. The molecule has 0 radical (unpaired) electrons. The fourth-order valence-corrected chi connectivity index (χ4v) is 3.66. The molecule has 5 N–H and O–H groups in total. The van der Waals surface area contributed by atoms with Gasteiger partial charge in [0, 0.05) is 39.3 Å². The van der Waals surface area contributed by atoms with Gasteiger partial charge < -0.3 is 16.8 Å². The number of rotatable bonds is 6. The summed E-state index contributed by atoms with van der Waals surface area (Å²) in [6.45, 7) is 4.88. The fraction of sp³-hybridized carbons (Fsp3) is 0.286. The molecule has 1 aromatic heterocycles. The number of aryl methyl sites for hydroxylation is 1. The van der Waals surface area contributed by atoms with Gasteiger partial charge >= 0.3 is 0 Å². The number of nitrogens with two attached hydrogens (primary N) is 2. The molecule has 0 fully saturated rings. The first-order valence-electron chi connectivity index (χ1n) is 8.94. The number of hydrogen-bond acceptors (Lipinski definition) is 4. The van der Waals surface area contributed by atoms with E-state index in [0.29, 0.717) is 18.4 Å². The molecule has 0 aliphatic rings. The molecule has 2 aromatic carbocycles. The topological polar surface area (TPSA) is 77.0 Å². The average molecular weight is 369 g/mol. The smallest absolute Gasteiger partial charge is 0.123 e. The van der Waals surface area contributed by atoms with E-state index in [0.717, 1.165) is 51.0 Å². The third-order valence-corrected chi connectivity index (χ3v) is 5.05. The SMILES string of the molecule is CCC(CCN)Nc1cc(-c2c(C)cccc2Cl)cc2cnc(N)cc12. The van der Waals surface area contributed by atoms with E-state index in [9.17, 15) is 0 Å². The minimum absolute atomic E-state index is 0.306. The zero-order chi connectivity index (χ0) is 18.7. The van der Waals surface area contributed by atoms with Gasteiger partial charge in [-0.05, 0) is 61.7 Å². The Morgan fingerprint density at radius 2 is 2.04 bits per heavy atom. The van der Waals surface area contributed by atoms with Gasteiger partial charge in [-0.25, -0.2) is 4.98 Å². The summed E-state index contributed by atoms with van der Waals surface area (Å²) in [6, 6.07) is 12.4. The molecule has 1 unspecified atom stereocenters. The van der Waals surface area contributed by atoms with Crippen LogP contribution in [0.25, 0.3) is 21.9 Å². The standard InChI is InChI=1S/C21H25ClN4/c1-3-16(7-8-23)26-19-10-14(21-13(2)5-4-6-18(21)22)9-15-12-25-20(24)11-17(15)19/h4-6,9-12,16,26H,3,7-8,23H2,1-2H3,(H2,24,25). The van der Waals surface area contributed by atoms with E-state index in [1.54, 1.807) is 0 Å². The lowest BCUT2D eigenvalue weighted by molar-refractivity contribution is 0.643. The van der Waals surface area contributed by atoms with Crippen LogP contribution in [-0.4, -0.2) is 17.6 Å². The number of benzene rings is 2. The highest BCUT2D eigenvalue weighted by molar-refractivity contribution is 6.33. The Morgan fingerprint density at radius 3 is 2.73 bits per heavy atom. The molecule has 3 aromatic rings. The van der Waals surface area contributed by atoms with Crippen molar-refractivity contribution < 1.29 is 0 Å². The van der Waals surface area contributed by atoms with Gasteiger partial charge in [-0.3, -0.25) is 0 Å². The van der Waals surface area contributed by atoms with Crippen molar-refractivity contribution in [3.05, 3.63) is 53.2 Å². The maximum absolute atomic E-state index is 6.50. The number of anilines is 2. The summed E-state index contributed by atoms with van der Waals surface area (Å²) in [4.78, 5) is 4.26. The molecule has 1 atom stereocenters. The van der Waals surface area contributed by atoms with Crippen LogP contribution in [0, 0.1) is 6.92 Å². The molecule has 0 amide bonds. The van der Waals surface area contributed by atoms with Crippen molar-refractivity contribution in [2.75, 3.05) is 17.6 Å². The number of nitrogen functional groups attached to an aromatic ring is 1. The molecule has 0 aliphatic carbocycles. The van der Waals surface area contributed by atoms with E-state index in [4.69, 9.17) is 23.1 Å². The van der Waals surface area contributed by atoms with Crippen LogP contribution in [0.1, 0.15) is 25.3 Å². The molecule has 5 heteroatoms. The van der Waals surface area contributed by atoms with Gasteiger partial charge in [-0.15, -0.1) is 0 Å². The van der Waals surface area contributed by atoms with Crippen molar-refractivity contribution >= 4 is 33.9 Å². The molecule has 0 saturated heterocycles. The normalized spacial score (nSPS) is 12.3. The van der Waals surface area contributed by atoms with Crippen molar-refractivity contribution in [2.24, 2.45) is 5.73 Å². The first kappa shape index (κ1) is 18.5. The second-order valence-electron chi connectivity index (χ2n) is 6.61. The van der Waals surface area contributed by atoms with E-state index in [1.807, 2.05) is 24.4 Å². The highest BCUT2D eigenvalue weighted by Crippen LogP contribution is 2.37. The zero-order valence-electron chi connectivity index (χ0n) is 15.2. The van der Waals surface area contributed by atoms with E-state index in [-0.39, 0.29) is 0 Å².